The number of carbonyl (C=O) groups excluding carboxylic acids is 1. The summed E-state index contributed by atoms with van der Waals surface area (Å²) >= 11 is 0. The largest absolute Gasteiger partial charge is 0.486 e. The Bertz CT molecular complexity index is 1290. The fraction of sp³-hybridized carbons (Fsp3) is 0.385. The third-order valence-electron chi connectivity index (χ3n) is 7.34. The first-order chi connectivity index (χ1) is 15.6. The standard InChI is InChI=1S/C26H25NO5/c1-16-18-12-22-23(31-11-10-30-22)13-19(18)26(8-4-5-9-26)15-27(16)25(29)24-14-20(28)17-6-2-3-7-21(17)32-24/h2-3,6-7,12-14,16H,4-5,8-11,15H2,1H3. The summed E-state index contributed by atoms with van der Waals surface area (Å²) in [5.74, 6) is 1.39. The quantitative estimate of drug-likeness (QED) is 0.564. The Morgan fingerprint density at radius 1 is 1.03 bits per heavy atom. The molecule has 1 amide bonds. The first kappa shape index (κ1) is 19.4. The number of ether oxygens (including phenoxy) is 2. The minimum atomic E-state index is -0.243. The van der Waals surface area contributed by atoms with Crippen LogP contribution in [0.3, 0.4) is 0 Å². The lowest BCUT2D eigenvalue weighted by Gasteiger charge is -2.46. The van der Waals surface area contributed by atoms with Crippen LogP contribution in [0.1, 0.15) is 60.3 Å². The van der Waals surface area contributed by atoms with E-state index in [2.05, 4.69) is 6.07 Å². The van der Waals surface area contributed by atoms with Gasteiger partial charge in [-0.15, -0.1) is 0 Å². The lowest BCUT2D eigenvalue weighted by Crippen LogP contribution is -2.48. The molecule has 0 N–H and O–H groups in total. The van der Waals surface area contributed by atoms with Gasteiger partial charge in [0.2, 0.25) is 0 Å². The summed E-state index contributed by atoms with van der Waals surface area (Å²) in [6.07, 6.45) is 4.32. The van der Waals surface area contributed by atoms with E-state index in [-0.39, 0.29) is 28.6 Å². The molecule has 3 aromatic rings. The Morgan fingerprint density at radius 3 is 2.53 bits per heavy atom. The van der Waals surface area contributed by atoms with E-state index in [1.807, 2.05) is 17.9 Å². The summed E-state index contributed by atoms with van der Waals surface area (Å²) < 4.78 is 17.6. The van der Waals surface area contributed by atoms with E-state index in [4.69, 9.17) is 13.9 Å². The van der Waals surface area contributed by atoms with Crippen LogP contribution in [0.2, 0.25) is 0 Å². The minimum Gasteiger partial charge on any atom is -0.486 e. The Kier molecular flexibility index (Phi) is 4.32. The molecule has 1 atom stereocenters. The number of benzene rings is 2. The van der Waals surface area contributed by atoms with E-state index >= 15 is 0 Å². The molecule has 32 heavy (non-hydrogen) atoms. The lowest BCUT2D eigenvalue weighted by atomic mass is 9.71. The highest BCUT2D eigenvalue weighted by molar-refractivity contribution is 5.93. The number of hydrogen-bond acceptors (Lipinski definition) is 5. The van der Waals surface area contributed by atoms with E-state index in [0.717, 1.165) is 42.7 Å². The molecule has 164 valence electrons. The molecule has 0 bridgehead atoms. The van der Waals surface area contributed by atoms with E-state index in [0.29, 0.717) is 30.7 Å². The van der Waals surface area contributed by atoms with E-state index in [1.165, 1.54) is 11.6 Å². The molecule has 3 aliphatic rings. The maximum Gasteiger partial charge on any atom is 0.290 e. The van der Waals surface area contributed by atoms with Crippen LogP contribution in [0, 0.1) is 0 Å². The van der Waals surface area contributed by atoms with Gasteiger partial charge in [0.05, 0.1) is 11.4 Å². The molecule has 1 saturated carbocycles. The predicted molar refractivity (Wildman–Crippen MR) is 120 cm³/mol. The van der Waals surface area contributed by atoms with Gasteiger partial charge in [0.25, 0.3) is 5.91 Å². The van der Waals surface area contributed by atoms with Crippen LogP contribution in [0.15, 0.2) is 51.7 Å². The van der Waals surface area contributed by atoms with Crippen molar-refractivity contribution in [3.63, 3.8) is 0 Å². The van der Waals surface area contributed by atoms with Gasteiger partial charge >= 0.3 is 0 Å². The number of nitrogens with zero attached hydrogens (tertiary/aromatic N) is 1. The summed E-state index contributed by atoms with van der Waals surface area (Å²) in [4.78, 5) is 28.2. The second-order valence-corrected chi connectivity index (χ2v) is 9.15. The Balaban J connectivity index is 1.46. The van der Waals surface area contributed by atoms with Gasteiger partial charge < -0.3 is 18.8 Å². The van der Waals surface area contributed by atoms with E-state index < -0.39 is 0 Å². The van der Waals surface area contributed by atoms with Gasteiger partial charge in [-0.2, -0.15) is 0 Å². The predicted octanol–water partition coefficient (Wildman–Crippen LogP) is 4.59. The number of rotatable bonds is 1. The Hall–Kier alpha value is -3.28. The van der Waals surface area contributed by atoms with Crippen molar-refractivity contribution in [2.75, 3.05) is 19.8 Å². The molecule has 2 aliphatic heterocycles. The van der Waals surface area contributed by atoms with Crippen molar-refractivity contribution < 1.29 is 18.7 Å². The lowest BCUT2D eigenvalue weighted by molar-refractivity contribution is 0.0561. The normalized spacial score (nSPS) is 21.0. The van der Waals surface area contributed by atoms with Gasteiger partial charge in [-0.25, -0.2) is 0 Å². The third kappa shape index (κ3) is 2.85. The summed E-state index contributed by atoms with van der Waals surface area (Å²) in [5.41, 5.74) is 2.50. The zero-order chi connectivity index (χ0) is 21.9. The fourth-order valence-corrected chi connectivity index (χ4v) is 5.70. The second kappa shape index (κ2) is 7.12. The van der Waals surface area contributed by atoms with Crippen LogP contribution in [0.25, 0.3) is 11.0 Å². The third-order valence-corrected chi connectivity index (χ3v) is 7.34. The van der Waals surface area contributed by atoms with Gasteiger partial charge in [-0.3, -0.25) is 9.59 Å². The van der Waals surface area contributed by atoms with Gasteiger partial charge in [0.15, 0.2) is 22.7 Å². The maximum absolute atomic E-state index is 13.7. The number of amides is 1. The molecule has 1 aromatic heterocycles. The molecular formula is C26H25NO5. The average Bonchev–Trinajstić information content (AvgIpc) is 3.29. The van der Waals surface area contributed by atoms with Crippen LogP contribution < -0.4 is 14.9 Å². The van der Waals surface area contributed by atoms with Gasteiger partial charge in [-0.1, -0.05) is 25.0 Å². The summed E-state index contributed by atoms with van der Waals surface area (Å²) in [6, 6.07) is 12.4. The Morgan fingerprint density at radius 2 is 1.75 bits per heavy atom. The molecule has 6 heteroatoms. The molecule has 0 saturated heterocycles. The molecule has 1 aliphatic carbocycles. The van der Waals surface area contributed by atoms with Crippen LogP contribution in [0.5, 0.6) is 11.5 Å². The summed E-state index contributed by atoms with van der Waals surface area (Å²) in [6.45, 7) is 3.72. The first-order valence-corrected chi connectivity index (χ1v) is 11.3. The van der Waals surface area contributed by atoms with Crippen molar-refractivity contribution in [3.8, 4) is 11.5 Å². The maximum atomic E-state index is 13.7. The molecule has 1 fully saturated rings. The highest BCUT2D eigenvalue weighted by Gasteiger charge is 2.47. The molecule has 1 spiro atoms. The molecule has 2 aromatic carbocycles. The summed E-state index contributed by atoms with van der Waals surface area (Å²) in [7, 11) is 0. The zero-order valence-electron chi connectivity index (χ0n) is 18.1. The van der Waals surface area contributed by atoms with Gasteiger partial charge in [0.1, 0.15) is 18.8 Å². The number of hydrogen-bond donors (Lipinski definition) is 0. The smallest absolute Gasteiger partial charge is 0.290 e. The molecule has 3 heterocycles. The minimum absolute atomic E-state index is 0.0923. The fourth-order valence-electron chi connectivity index (χ4n) is 5.70. The van der Waals surface area contributed by atoms with Crippen LogP contribution in [-0.2, 0) is 5.41 Å². The SMILES string of the molecule is CC1c2cc3c(cc2C2(CCCC2)CN1C(=O)c1cc(=O)c2ccccc2o1)OCCO3. The monoisotopic (exact) mass is 431 g/mol. The average molecular weight is 431 g/mol. The first-order valence-electron chi connectivity index (χ1n) is 11.3. The number of fused-ring (bicyclic) bond motifs is 4. The van der Waals surface area contributed by atoms with Crippen molar-refractivity contribution in [2.45, 2.75) is 44.1 Å². The molecular weight excluding hydrogens is 406 g/mol. The van der Waals surface area contributed by atoms with Crippen molar-refractivity contribution in [3.05, 3.63) is 69.6 Å². The second-order valence-electron chi connectivity index (χ2n) is 9.15. The number of para-hydroxylation sites is 1. The van der Waals surface area contributed by atoms with Crippen LogP contribution >= 0.6 is 0 Å². The van der Waals surface area contributed by atoms with Crippen LogP contribution in [-0.4, -0.2) is 30.6 Å². The number of carbonyl (C=O) groups is 1. The topological polar surface area (TPSA) is 69.0 Å². The van der Waals surface area contributed by atoms with E-state index in [9.17, 15) is 9.59 Å². The molecule has 0 radical (unpaired) electrons. The van der Waals surface area contributed by atoms with Crippen molar-refractivity contribution >= 4 is 16.9 Å². The van der Waals surface area contributed by atoms with Gasteiger partial charge in [0, 0.05) is 18.0 Å². The van der Waals surface area contributed by atoms with E-state index in [1.54, 1.807) is 24.3 Å². The molecule has 6 rings (SSSR count). The highest BCUT2D eigenvalue weighted by atomic mass is 16.6. The van der Waals surface area contributed by atoms with Crippen molar-refractivity contribution in [2.24, 2.45) is 0 Å². The Labute approximate surface area is 185 Å². The molecule has 6 nitrogen and oxygen atoms in total. The highest BCUT2D eigenvalue weighted by Crippen LogP contribution is 2.52. The van der Waals surface area contributed by atoms with Crippen LogP contribution in [0.4, 0.5) is 0 Å². The summed E-state index contributed by atoms with van der Waals surface area (Å²) in [5, 5.41) is 0.483. The molecule has 1 unspecified atom stereocenters. The van der Waals surface area contributed by atoms with Crippen molar-refractivity contribution in [1.29, 1.82) is 0 Å². The zero-order valence-corrected chi connectivity index (χ0v) is 18.1. The van der Waals surface area contributed by atoms with Gasteiger partial charge in [-0.05, 0) is 55.2 Å². The van der Waals surface area contributed by atoms with Crippen molar-refractivity contribution in [1.82, 2.24) is 4.90 Å².